The van der Waals surface area contributed by atoms with E-state index >= 15 is 4.39 Å². The summed E-state index contributed by atoms with van der Waals surface area (Å²) < 4.78 is 30.5. The lowest BCUT2D eigenvalue weighted by atomic mass is 9.99. The van der Waals surface area contributed by atoms with Crippen molar-refractivity contribution in [2.75, 3.05) is 17.6 Å². The molecule has 0 bridgehead atoms. The quantitative estimate of drug-likeness (QED) is 0.185. The van der Waals surface area contributed by atoms with Gasteiger partial charge in [-0.05, 0) is 62.7 Å². The minimum atomic E-state index is -0.813. The molecule has 0 unspecified atom stereocenters. The number of hydrogen-bond acceptors (Lipinski definition) is 7. The summed E-state index contributed by atoms with van der Waals surface area (Å²) in [6.45, 7) is 6.13. The summed E-state index contributed by atoms with van der Waals surface area (Å²) >= 11 is 0. The van der Waals surface area contributed by atoms with Gasteiger partial charge < -0.3 is 26.3 Å². The average Bonchev–Trinajstić information content (AvgIpc) is 2.98. The number of amides is 1. The number of halogens is 2. The molecule has 0 radical (unpaired) electrons. The lowest BCUT2D eigenvalue weighted by Gasteiger charge is -2.18. The summed E-state index contributed by atoms with van der Waals surface area (Å²) in [5.41, 5.74) is 6.89. The Hall–Kier alpha value is -5.63. The monoisotopic (exact) mass is 581 g/mol. The third-order valence-electron chi connectivity index (χ3n) is 6.66. The molecule has 0 aliphatic rings. The van der Waals surface area contributed by atoms with Crippen molar-refractivity contribution < 1.29 is 13.6 Å². The maximum atomic E-state index is 15.4. The number of pyridine rings is 2. The smallest absolute Gasteiger partial charge is 0.261 e. The van der Waals surface area contributed by atoms with Gasteiger partial charge in [-0.15, -0.1) is 0 Å². The Kier molecular flexibility index (Phi) is 9.11. The zero-order chi connectivity index (χ0) is 31.3. The second-order valence-electron chi connectivity index (χ2n) is 9.82. The fourth-order valence-electron chi connectivity index (χ4n) is 4.48. The van der Waals surface area contributed by atoms with Gasteiger partial charge in [0, 0.05) is 65.3 Å². The average molecular weight is 582 g/mol. The van der Waals surface area contributed by atoms with Crippen LogP contribution in [0.3, 0.4) is 0 Å². The standard InChI is InChI=1S/C32H29F2N7O2/c1-4-38-15-21(13-35)20-11-25(31(37)39-16-20)24-10-9-23(12-27(24)34)40-32(43)26-17-41(18(2)3)28(14-36)29(30(26)42)19-5-7-22(33)8-6-19/h5-13,15-18,35,38H,4H2,1-3H3,(H2,37,39)(H,40,43)/b21-15+,35-13?. The van der Waals surface area contributed by atoms with Crippen molar-refractivity contribution in [3.05, 3.63) is 106 Å². The highest BCUT2D eigenvalue weighted by Gasteiger charge is 2.23. The Labute approximate surface area is 246 Å². The second-order valence-corrected chi connectivity index (χ2v) is 9.82. The van der Waals surface area contributed by atoms with Crippen molar-refractivity contribution >= 4 is 29.2 Å². The van der Waals surface area contributed by atoms with E-state index in [1.54, 1.807) is 26.1 Å². The van der Waals surface area contributed by atoms with Crippen LogP contribution < -0.4 is 21.8 Å². The van der Waals surface area contributed by atoms with Crippen LogP contribution in [0.25, 0.3) is 27.8 Å². The maximum Gasteiger partial charge on any atom is 0.261 e. The van der Waals surface area contributed by atoms with Gasteiger partial charge in [-0.1, -0.05) is 12.1 Å². The predicted octanol–water partition coefficient (Wildman–Crippen LogP) is 5.74. The molecule has 0 fully saturated rings. The van der Waals surface area contributed by atoms with Crippen molar-refractivity contribution in [2.45, 2.75) is 26.8 Å². The molecule has 11 heteroatoms. The van der Waals surface area contributed by atoms with Gasteiger partial charge >= 0.3 is 0 Å². The number of rotatable bonds is 9. The Morgan fingerprint density at radius 1 is 1.16 bits per heavy atom. The molecule has 0 saturated carbocycles. The first kappa shape index (κ1) is 30.3. The first-order valence-electron chi connectivity index (χ1n) is 13.4. The summed E-state index contributed by atoms with van der Waals surface area (Å²) in [6.07, 6.45) is 5.57. The highest BCUT2D eigenvalue weighted by molar-refractivity contribution is 6.08. The SMILES string of the molecule is CCN/C=C(\C=N)c1cnc(N)c(-c2ccc(NC(=O)c3cn(C(C)C)c(C#N)c(-c4ccc(F)cc4)c3=O)cc2F)c1. The second kappa shape index (κ2) is 12.9. The molecular formula is C32H29F2N7O2. The number of benzene rings is 2. The molecule has 0 atom stereocenters. The highest BCUT2D eigenvalue weighted by Crippen LogP contribution is 2.31. The minimum absolute atomic E-state index is 0.0264. The largest absolute Gasteiger partial charge is 0.391 e. The fourth-order valence-corrected chi connectivity index (χ4v) is 4.48. The summed E-state index contributed by atoms with van der Waals surface area (Å²) in [7, 11) is 0. The van der Waals surface area contributed by atoms with Gasteiger partial charge in [0.05, 0.1) is 5.56 Å². The molecule has 1 amide bonds. The number of nitrogens with zero attached hydrogens (tertiary/aromatic N) is 3. The van der Waals surface area contributed by atoms with E-state index in [1.165, 1.54) is 41.2 Å². The van der Waals surface area contributed by atoms with Crippen LogP contribution in [0.4, 0.5) is 20.3 Å². The molecule has 43 heavy (non-hydrogen) atoms. The molecule has 2 aromatic heterocycles. The molecule has 4 rings (SSSR count). The van der Waals surface area contributed by atoms with Crippen LogP contribution in [-0.2, 0) is 0 Å². The summed E-state index contributed by atoms with van der Waals surface area (Å²) in [6, 6.07) is 12.4. The Bertz CT molecular complexity index is 1840. The number of nitrogens with one attached hydrogen (secondary N) is 3. The third-order valence-corrected chi connectivity index (χ3v) is 6.66. The van der Waals surface area contributed by atoms with Crippen LogP contribution >= 0.6 is 0 Å². The summed E-state index contributed by atoms with van der Waals surface area (Å²) in [4.78, 5) is 31.0. The molecule has 2 aromatic carbocycles. The van der Waals surface area contributed by atoms with Gasteiger partial charge in [0.25, 0.3) is 5.91 Å². The van der Waals surface area contributed by atoms with E-state index < -0.39 is 23.0 Å². The van der Waals surface area contributed by atoms with Crippen LogP contribution in [0.2, 0.25) is 0 Å². The summed E-state index contributed by atoms with van der Waals surface area (Å²) in [5, 5.41) is 23.1. The van der Waals surface area contributed by atoms with E-state index in [9.17, 15) is 19.2 Å². The highest BCUT2D eigenvalue weighted by atomic mass is 19.1. The zero-order valence-corrected chi connectivity index (χ0v) is 23.7. The molecule has 0 saturated heterocycles. The first-order valence-corrected chi connectivity index (χ1v) is 13.4. The van der Waals surface area contributed by atoms with Crippen LogP contribution in [0.1, 0.15) is 48.4 Å². The topological polar surface area (TPSA) is 150 Å². The number of carbonyl (C=O) groups excluding carboxylic acids is 1. The minimum Gasteiger partial charge on any atom is -0.391 e. The number of carbonyl (C=O) groups is 1. The molecule has 5 N–H and O–H groups in total. The normalized spacial score (nSPS) is 11.2. The Morgan fingerprint density at radius 2 is 1.88 bits per heavy atom. The van der Waals surface area contributed by atoms with E-state index in [4.69, 9.17) is 11.1 Å². The van der Waals surface area contributed by atoms with Crippen LogP contribution in [0.5, 0.6) is 0 Å². The molecule has 218 valence electrons. The Balaban J connectivity index is 1.72. The van der Waals surface area contributed by atoms with Crippen LogP contribution in [-0.4, -0.2) is 28.2 Å². The van der Waals surface area contributed by atoms with Gasteiger partial charge in [-0.3, -0.25) is 9.59 Å². The molecule has 0 aliphatic carbocycles. The van der Waals surface area contributed by atoms with E-state index in [-0.39, 0.29) is 45.5 Å². The Morgan fingerprint density at radius 3 is 2.49 bits per heavy atom. The zero-order valence-electron chi connectivity index (χ0n) is 23.7. The van der Waals surface area contributed by atoms with Gasteiger partial charge in [0.15, 0.2) is 0 Å². The van der Waals surface area contributed by atoms with E-state index in [2.05, 4.69) is 15.6 Å². The van der Waals surface area contributed by atoms with Crippen LogP contribution in [0, 0.1) is 28.4 Å². The number of anilines is 2. The number of allylic oxidation sites excluding steroid dienone is 1. The lowest BCUT2D eigenvalue weighted by Crippen LogP contribution is -2.27. The summed E-state index contributed by atoms with van der Waals surface area (Å²) in [5.74, 6) is -1.96. The van der Waals surface area contributed by atoms with Gasteiger partial charge in [0.1, 0.15) is 34.8 Å². The van der Waals surface area contributed by atoms with E-state index in [1.807, 2.05) is 13.0 Å². The molecular weight excluding hydrogens is 552 g/mol. The van der Waals surface area contributed by atoms with Crippen LogP contribution in [0.15, 0.2) is 71.9 Å². The van der Waals surface area contributed by atoms with Gasteiger partial charge in [-0.2, -0.15) is 5.26 Å². The van der Waals surface area contributed by atoms with E-state index in [0.717, 1.165) is 24.4 Å². The van der Waals surface area contributed by atoms with Crippen molar-refractivity contribution in [3.8, 4) is 28.3 Å². The molecule has 0 spiro atoms. The van der Waals surface area contributed by atoms with Gasteiger partial charge in [-0.25, -0.2) is 13.8 Å². The fraction of sp³-hybridized carbons (Fsp3) is 0.156. The van der Waals surface area contributed by atoms with Crippen molar-refractivity contribution in [1.29, 1.82) is 10.7 Å². The number of nitrogens with two attached hydrogens (primary N) is 1. The van der Waals surface area contributed by atoms with Crippen molar-refractivity contribution in [2.24, 2.45) is 0 Å². The van der Waals surface area contributed by atoms with Crippen molar-refractivity contribution in [3.63, 3.8) is 0 Å². The molecule has 9 nitrogen and oxygen atoms in total. The third kappa shape index (κ3) is 6.33. The molecule has 2 heterocycles. The molecule has 4 aromatic rings. The van der Waals surface area contributed by atoms with Crippen molar-refractivity contribution in [1.82, 2.24) is 14.9 Å². The lowest BCUT2D eigenvalue weighted by molar-refractivity contribution is 0.102. The maximum absolute atomic E-state index is 15.4. The van der Waals surface area contributed by atoms with Gasteiger partial charge in [0.2, 0.25) is 5.43 Å². The number of aromatic nitrogens is 2. The molecule has 0 aliphatic heterocycles. The first-order chi connectivity index (χ1) is 20.6. The predicted molar refractivity (Wildman–Crippen MR) is 164 cm³/mol. The van der Waals surface area contributed by atoms with E-state index in [0.29, 0.717) is 23.2 Å². The number of hydrogen-bond donors (Lipinski definition) is 4. The number of nitrogen functional groups attached to an aromatic ring is 1. The number of nitriles is 1.